The van der Waals surface area contributed by atoms with Crippen molar-refractivity contribution in [2.45, 2.75) is 45.6 Å². The first-order valence-corrected chi connectivity index (χ1v) is 7.22. The molecule has 4 nitrogen and oxygen atoms in total. The third-order valence-electron chi connectivity index (χ3n) is 3.26. The minimum atomic E-state index is -1.00. The van der Waals surface area contributed by atoms with Crippen LogP contribution in [0.2, 0.25) is 0 Å². The average Bonchev–Trinajstić information content (AvgIpc) is 2.45. The fourth-order valence-corrected chi connectivity index (χ4v) is 1.89. The van der Waals surface area contributed by atoms with Crippen LogP contribution in [0.15, 0.2) is 30.3 Å². The summed E-state index contributed by atoms with van der Waals surface area (Å²) in [6, 6.07) is 7.35. The van der Waals surface area contributed by atoms with Crippen molar-refractivity contribution in [2.24, 2.45) is 0 Å². The Kier molecular flexibility index (Phi) is 6.66. The van der Waals surface area contributed by atoms with Crippen LogP contribution in [0.4, 0.5) is 0 Å². The molecule has 1 unspecified atom stereocenters. The number of rotatable bonds is 7. The molecule has 0 aliphatic heterocycles. The number of carbonyl (C=O) groups excluding carboxylic acids is 1. The van der Waals surface area contributed by atoms with Crippen LogP contribution >= 0.6 is 0 Å². The Morgan fingerprint density at radius 3 is 2.33 bits per heavy atom. The van der Waals surface area contributed by atoms with Gasteiger partial charge in [-0.3, -0.25) is 4.79 Å². The number of nitrogens with one attached hydrogen (secondary N) is 1. The molecule has 0 aliphatic rings. The van der Waals surface area contributed by atoms with Gasteiger partial charge in [0, 0.05) is 6.42 Å². The maximum atomic E-state index is 11.6. The van der Waals surface area contributed by atoms with Crippen molar-refractivity contribution in [3.05, 3.63) is 41.5 Å². The fraction of sp³-hybridized carbons (Fsp3) is 0.412. The van der Waals surface area contributed by atoms with Gasteiger partial charge in [0.25, 0.3) is 0 Å². The van der Waals surface area contributed by atoms with Crippen molar-refractivity contribution in [2.75, 3.05) is 0 Å². The van der Waals surface area contributed by atoms with E-state index >= 15 is 0 Å². The van der Waals surface area contributed by atoms with Crippen LogP contribution in [-0.4, -0.2) is 23.0 Å². The van der Waals surface area contributed by atoms with Crippen molar-refractivity contribution in [1.82, 2.24) is 5.32 Å². The molecule has 114 valence electrons. The largest absolute Gasteiger partial charge is 0.480 e. The second-order valence-electron chi connectivity index (χ2n) is 5.29. The summed E-state index contributed by atoms with van der Waals surface area (Å²) in [4.78, 5) is 22.4. The van der Waals surface area contributed by atoms with Crippen molar-refractivity contribution in [3.63, 3.8) is 0 Å². The minimum Gasteiger partial charge on any atom is -0.480 e. The molecule has 0 fully saturated rings. The number of carbonyl (C=O) groups is 2. The van der Waals surface area contributed by atoms with Crippen molar-refractivity contribution < 1.29 is 14.7 Å². The smallest absolute Gasteiger partial charge is 0.326 e. The van der Waals surface area contributed by atoms with Crippen LogP contribution in [-0.2, 0) is 9.59 Å². The van der Waals surface area contributed by atoms with E-state index in [9.17, 15) is 9.59 Å². The molecule has 2 N–H and O–H groups in total. The molecule has 0 spiro atoms. The highest BCUT2D eigenvalue weighted by molar-refractivity contribution is 5.84. The summed E-state index contributed by atoms with van der Waals surface area (Å²) in [6.07, 6.45) is 4.16. The van der Waals surface area contributed by atoms with Crippen LogP contribution in [0.1, 0.15) is 50.7 Å². The summed E-state index contributed by atoms with van der Waals surface area (Å²) in [6.45, 7) is 6.01. The van der Waals surface area contributed by atoms with Gasteiger partial charge in [0.05, 0.1) is 0 Å². The molecule has 0 aliphatic carbocycles. The maximum Gasteiger partial charge on any atom is 0.326 e. The second kappa shape index (κ2) is 8.25. The molecule has 0 bridgehead atoms. The first-order chi connectivity index (χ1) is 9.93. The van der Waals surface area contributed by atoms with Gasteiger partial charge in [-0.2, -0.15) is 0 Å². The second-order valence-corrected chi connectivity index (χ2v) is 5.29. The molecule has 1 rings (SSSR count). The zero-order valence-corrected chi connectivity index (χ0v) is 12.8. The lowest BCUT2D eigenvalue weighted by Gasteiger charge is -2.10. The van der Waals surface area contributed by atoms with Crippen LogP contribution in [0.3, 0.4) is 0 Å². The quantitative estimate of drug-likeness (QED) is 0.810. The maximum absolute atomic E-state index is 11.6. The first kappa shape index (κ1) is 17.0. The molecule has 1 aromatic rings. The van der Waals surface area contributed by atoms with Gasteiger partial charge in [-0.25, -0.2) is 4.79 Å². The molecule has 1 aromatic carbocycles. The number of benzene rings is 1. The fourth-order valence-electron chi connectivity index (χ4n) is 1.89. The van der Waals surface area contributed by atoms with E-state index in [1.807, 2.05) is 18.2 Å². The van der Waals surface area contributed by atoms with Gasteiger partial charge in [0.1, 0.15) is 6.04 Å². The zero-order chi connectivity index (χ0) is 15.8. The van der Waals surface area contributed by atoms with E-state index in [0.717, 1.165) is 5.56 Å². The van der Waals surface area contributed by atoms with Crippen LogP contribution < -0.4 is 5.32 Å². The molecule has 0 saturated carbocycles. The van der Waals surface area contributed by atoms with Crippen LogP contribution in [0, 0.1) is 0 Å². The van der Waals surface area contributed by atoms with Crippen LogP contribution in [0.5, 0.6) is 0 Å². The van der Waals surface area contributed by atoms with Crippen molar-refractivity contribution >= 4 is 18.0 Å². The zero-order valence-electron chi connectivity index (χ0n) is 12.8. The number of aliphatic carboxylic acids is 1. The standard InChI is InChI=1S/C17H23NO3/c1-4-15(17(20)21)18-16(19)7-5-6-13-8-10-14(11-9-13)12(2)3/h5-6,8-12,15H,4,7H2,1-3H3,(H,18,19)(H,20,21)/b6-5+. The van der Waals surface area contributed by atoms with Gasteiger partial charge in [-0.1, -0.05) is 57.2 Å². The van der Waals surface area contributed by atoms with Gasteiger partial charge in [-0.15, -0.1) is 0 Å². The molecular weight excluding hydrogens is 266 g/mol. The summed E-state index contributed by atoms with van der Waals surface area (Å²) < 4.78 is 0. The summed E-state index contributed by atoms with van der Waals surface area (Å²) in [7, 11) is 0. The minimum absolute atomic E-state index is 0.176. The van der Waals surface area contributed by atoms with Crippen molar-refractivity contribution in [1.29, 1.82) is 0 Å². The third kappa shape index (κ3) is 5.81. The molecule has 21 heavy (non-hydrogen) atoms. The van der Waals surface area contributed by atoms with E-state index in [4.69, 9.17) is 5.11 Å². The van der Waals surface area contributed by atoms with Crippen molar-refractivity contribution in [3.8, 4) is 0 Å². The molecule has 4 heteroatoms. The van der Waals surface area contributed by atoms with Gasteiger partial charge in [0.2, 0.25) is 5.91 Å². The van der Waals surface area contributed by atoms with Gasteiger partial charge < -0.3 is 10.4 Å². The molecule has 0 aromatic heterocycles. The van der Waals surface area contributed by atoms with Gasteiger partial charge in [-0.05, 0) is 23.5 Å². The highest BCUT2D eigenvalue weighted by atomic mass is 16.4. The van der Waals surface area contributed by atoms with Gasteiger partial charge in [0.15, 0.2) is 0 Å². The highest BCUT2D eigenvalue weighted by Gasteiger charge is 2.16. The van der Waals surface area contributed by atoms with E-state index in [1.54, 1.807) is 13.0 Å². The number of hydrogen-bond donors (Lipinski definition) is 2. The number of amides is 1. The Balaban J connectivity index is 2.50. The van der Waals surface area contributed by atoms with E-state index < -0.39 is 12.0 Å². The monoisotopic (exact) mass is 289 g/mol. The molecule has 1 atom stereocenters. The van der Waals surface area contributed by atoms with E-state index in [-0.39, 0.29) is 12.3 Å². The molecule has 0 saturated heterocycles. The summed E-state index contributed by atoms with van der Waals surface area (Å²) >= 11 is 0. The molecule has 0 radical (unpaired) electrons. The SMILES string of the molecule is CCC(NC(=O)C/C=C/c1ccc(C(C)C)cc1)C(=O)O. The number of carboxylic acid groups (broad SMARTS) is 1. The predicted octanol–water partition coefficient (Wildman–Crippen LogP) is 3.19. The van der Waals surface area contributed by atoms with Crippen LogP contribution in [0.25, 0.3) is 6.08 Å². The normalized spacial score (nSPS) is 12.6. The average molecular weight is 289 g/mol. The Morgan fingerprint density at radius 2 is 1.86 bits per heavy atom. The summed E-state index contributed by atoms with van der Waals surface area (Å²) in [5.74, 6) is -0.783. The Bertz CT molecular complexity index is 503. The molecule has 0 heterocycles. The lowest BCUT2D eigenvalue weighted by atomic mass is 10.0. The van der Waals surface area contributed by atoms with E-state index in [2.05, 4.69) is 31.3 Å². The Hall–Kier alpha value is -2.10. The first-order valence-electron chi connectivity index (χ1n) is 7.22. The lowest BCUT2D eigenvalue weighted by Crippen LogP contribution is -2.39. The Labute approximate surface area is 125 Å². The predicted molar refractivity (Wildman–Crippen MR) is 84.0 cm³/mol. The van der Waals surface area contributed by atoms with E-state index in [1.165, 1.54) is 5.56 Å². The Morgan fingerprint density at radius 1 is 1.24 bits per heavy atom. The lowest BCUT2D eigenvalue weighted by molar-refractivity contribution is -0.141. The molecular formula is C17H23NO3. The molecule has 1 amide bonds. The topological polar surface area (TPSA) is 66.4 Å². The van der Waals surface area contributed by atoms with E-state index in [0.29, 0.717) is 12.3 Å². The summed E-state index contributed by atoms with van der Waals surface area (Å²) in [5.41, 5.74) is 2.30. The number of carboxylic acids is 1. The third-order valence-corrected chi connectivity index (χ3v) is 3.26. The van der Waals surface area contributed by atoms with Gasteiger partial charge >= 0.3 is 5.97 Å². The highest BCUT2D eigenvalue weighted by Crippen LogP contribution is 2.15. The summed E-state index contributed by atoms with van der Waals surface area (Å²) in [5, 5.41) is 11.4. The number of hydrogen-bond acceptors (Lipinski definition) is 2.